The number of nitrogens with zero attached hydrogens (tertiary/aromatic N) is 1. The molecule has 0 amide bonds. The minimum absolute atomic E-state index is 0.475. The van der Waals surface area contributed by atoms with Crippen molar-refractivity contribution in [3.05, 3.63) is 35.4 Å². The van der Waals surface area contributed by atoms with Crippen LogP contribution in [0.4, 0.5) is 0 Å². The summed E-state index contributed by atoms with van der Waals surface area (Å²) < 4.78 is 0. The standard InChI is InChI=1S/C20H28N2/c1-2-4-17-16(3-1)13-19-18-7-10-21-11-8-20(17,18)9-12-22(19)14-15-5-6-15/h1-4,15,18-19,21H,5-14H2/t18-,19-,20-/m1/s1. The van der Waals surface area contributed by atoms with E-state index >= 15 is 0 Å². The van der Waals surface area contributed by atoms with Crippen LogP contribution in [0.25, 0.3) is 0 Å². The maximum atomic E-state index is 3.69. The summed E-state index contributed by atoms with van der Waals surface area (Å²) in [5.74, 6) is 1.90. The summed E-state index contributed by atoms with van der Waals surface area (Å²) in [5.41, 5.74) is 3.85. The maximum Gasteiger partial charge on any atom is 0.0173 e. The number of fused-ring (bicyclic) bond motifs is 1. The van der Waals surface area contributed by atoms with Gasteiger partial charge in [-0.3, -0.25) is 4.90 Å². The molecule has 1 saturated carbocycles. The Kier molecular flexibility index (Phi) is 3.13. The smallest absolute Gasteiger partial charge is 0.0173 e. The van der Waals surface area contributed by atoms with Crippen molar-refractivity contribution in [2.75, 3.05) is 26.2 Å². The average molecular weight is 296 g/mol. The Morgan fingerprint density at radius 1 is 1.09 bits per heavy atom. The third-order valence-electron chi connectivity index (χ3n) is 7.04. The Bertz CT molecular complexity index is 565. The third kappa shape index (κ3) is 2.00. The maximum absolute atomic E-state index is 3.69. The van der Waals surface area contributed by atoms with Gasteiger partial charge in [0.2, 0.25) is 0 Å². The van der Waals surface area contributed by atoms with Gasteiger partial charge in [-0.2, -0.15) is 0 Å². The summed E-state index contributed by atoms with van der Waals surface area (Å²) in [5, 5.41) is 3.69. The summed E-state index contributed by atoms with van der Waals surface area (Å²) in [6, 6.07) is 10.2. The molecule has 1 N–H and O–H groups in total. The molecule has 22 heavy (non-hydrogen) atoms. The molecule has 1 aromatic carbocycles. The second-order valence-electron chi connectivity index (χ2n) is 8.17. The number of piperidine rings is 1. The third-order valence-corrected chi connectivity index (χ3v) is 7.04. The Balaban J connectivity index is 1.58. The highest BCUT2D eigenvalue weighted by atomic mass is 15.2. The van der Waals surface area contributed by atoms with Crippen LogP contribution in [0.15, 0.2) is 24.3 Å². The lowest BCUT2D eigenvalue weighted by Gasteiger charge is -2.57. The highest BCUT2D eigenvalue weighted by Gasteiger charge is 2.53. The van der Waals surface area contributed by atoms with Crippen LogP contribution in [0, 0.1) is 11.8 Å². The van der Waals surface area contributed by atoms with Gasteiger partial charge in [0.15, 0.2) is 0 Å². The molecule has 118 valence electrons. The zero-order valence-electron chi connectivity index (χ0n) is 13.6. The first kappa shape index (κ1) is 13.6. The molecule has 1 aromatic rings. The zero-order valence-corrected chi connectivity index (χ0v) is 13.6. The molecule has 5 rings (SSSR count). The van der Waals surface area contributed by atoms with Crippen molar-refractivity contribution in [2.24, 2.45) is 11.8 Å². The van der Waals surface area contributed by atoms with Crippen molar-refractivity contribution in [1.29, 1.82) is 0 Å². The van der Waals surface area contributed by atoms with Gasteiger partial charge in [-0.1, -0.05) is 24.3 Å². The summed E-state index contributed by atoms with van der Waals surface area (Å²) in [4.78, 5) is 2.89. The van der Waals surface area contributed by atoms with Gasteiger partial charge in [0.1, 0.15) is 0 Å². The molecule has 3 atom stereocenters. The fourth-order valence-corrected chi connectivity index (χ4v) is 5.80. The van der Waals surface area contributed by atoms with Crippen molar-refractivity contribution in [3.63, 3.8) is 0 Å². The topological polar surface area (TPSA) is 15.3 Å². The van der Waals surface area contributed by atoms with E-state index in [9.17, 15) is 0 Å². The van der Waals surface area contributed by atoms with E-state index in [0.717, 1.165) is 17.9 Å². The number of likely N-dealkylation sites (tertiary alicyclic amines) is 1. The SMILES string of the molecule is c1ccc2c(c1)C[C@@H]1[C@H]3CCNCC[C@@]23CCN1CC1CC1. The quantitative estimate of drug-likeness (QED) is 0.902. The number of nitrogens with one attached hydrogen (secondary N) is 1. The number of hydrogen-bond donors (Lipinski definition) is 1. The lowest BCUT2D eigenvalue weighted by Crippen LogP contribution is -2.60. The number of hydrogen-bond acceptors (Lipinski definition) is 2. The van der Waals surface area contributed by atoms with E-state index in [2.05, 4.69) is 34.5 Å². The predicted molar refractivity (Wildman–Crippen MR) is 90.1 cm³/mol. The highest BCUT2D eigenvalue weighted by molar-refractivity contribution is 5.41. The van der Waals surface area contributed by atoms with Crippen LogP contribution >= 0.6 is 0 Å². The molecular formula is C20H28N2. The molecule has 2 saturated heterocycles. The van der Waals surface area contributed by atoms with E-state index in [-0.39, 0.29) is 0 Å². The first-order valence-corrected chi connectivity index (χ1v) is 9.40. The molecule has 2 heteroatoms. The second kappa shape index (κ2) is 5.07. The normalized spacial score (nSPS) is 38.0. The van der Waals surface area contributed by atoms with E-state index < -0.39 is 0 Å². The fourth-order valence-electron chi connectivity index (χ4n) is 5.80. The van der Waals surface area contributed by atoms with Crippen molar-refractivity contribution in [3.8, 4) is 0 Å². The molecule has 0 radical (unpaired) electrons. The van der Waals surface area contributed by atoms with Gasteiger partial charge in [0.25, 0.3) is 0 Å². The molecule has 2 nitrogen and oxygen atoms in total. The van der Waals surface area contributed by atoms with Crippen LogP contribution in [-0.2, 0) is 11.8 Å². The Morgan fingerprint density at radius 2 is 2.00 bits per heavy atom. The van der Waals surface area contributed by atoms with Gasteiger partial charge in [-0.15, -0.1) is 0 Å². The van der Waals surface area contributed by atoms with Gasteiger partial charge in [0.05, 0.1) is 0 Å². The van der Waals surface area contributed by atoms with Crippen LogP contribution in [-0.4, -0.2) is 37.1 Å². The first-order valence-electron chi connectivity index (χ1n) is 9.40. The van der Waals surface area contributed by atoms with E-state index in [1.807, 2.05) is 0 Å². The van der Waals surface area contributed by atoms with E-state index in [4.69, 9.17) is 0 Å². The van der Waals surface area contributed by atoms with Crippen LogP contribution in [0.2, 0.25) is 0 Å². The summed E-state index contributed by atoms with van der Waals surface area (Å²) in [6.45, 7) is 5.15. The minimum atomic E-state index is 0.475. The molecule has 0 spiro atoms. The van der Waals surface area contributed by atoms with E-state index in [1.54, 1.807) is 11.1 Å². The second-order valence-corrected chi connectivity index (χ2v) is 8.17. The molecule has 0 unspecified atom stereocenters. The van der Waals surface area contributed by atoms with Crippen molar-refractivity contribution in [2.45, 2.75) is 50.0 Å². The van der Waals surface area contributed by atoms with Crippen molar-refractivity contribution in [1.82, 2.24) is 10.2 Å². The molecule has 2 aliphatic heterocycles. The molecule has 4 aliphatic rings. The summed E-state index contributed by atoms with van der Waals surface area (Å²) in [7, 11) is 0. The van der Waals surface area contributed by atoms with Gasteiger partial charge < -0.3 is 5.32 Å². The van der Waals surface area contributed by atoms with Crippen molar-refractivity contribution >= 4 is 0 Å². The molecular weight excluding hydrogens is 268 g/mol. The lowest BCUT2D eigenvalue weighted by atomic mass is 9.55. The first-order chi connectivity index (χ1) is 10.9. The lowest BCUT2D eigenvalue weighted by molar-refractivity contribution is 0.00909. The zero-order chi connectivity index (χ0) is 14.6. The van der Waals surface area contributed by atoms with E-state index in [1.165, 1.54) is 64.7 Å². The monoisotopic (exact) mass is 296 g/mol. The fraction of sp³-hybridized carbons (Fsp3) is 0.700. The Morgan fingerprint density at radius 3 is 2.91 bits per heavy atom. The average Bonchev–Trinajstić information content (AvgIpc) is 3.36. The van der Waals surface area contributed by atoms with E-state index in [0.29, 0.717) is 5.41 Å². The predicted octanol–water partition coefficient (Wildman–Crippen LogP) is 2.96. The molecule has 2 bridgehead atoms. The van der Waals surface area contributed by atoms with Crippen LogP contribution in [0.5, 0.6) is 0 Å². The Labute approximate surface area is 134 Å². The molecule has 2 aliphatic carbocycles. The highest BCUT2D eigenvalue weighted by Crippen LogP contribution is 2.53. The summed E-state index contributed by atoms with van der Waals surface area (Å²) in [6.07, 6.45) is 8.38. The molecule has 3 fully saturated rings. The Hall–Kier alpha value is -0.860. The largest absolute Gasteiger partial charge is 0.317 e. The van der Waals surface area contributed by atoms with Crippen molar-refractivity contribution < 1.29 is 0 Å². The number of rotatable bonds is 2. The van der Waals surface area contributed by atoms with Gasteiger partial charge in [-0.25, -0.2) is 0 Å². The summed E-state index contributed by atoms with van der Waals surface area (Å²) >= 11 is 0. The van der Waals surface area contributed by atoms with Gasteiger partial charge in [-0.05, 0) is 81.1 Å². The molecule has 2 heterocycles. The van der Waals surface area contributed by atoms with Gasteiger partial charge in [0, 0.05) is 18.0 Å². The van der Waals surface area contributed by atoms with Gasteiger partial charge >= 0.3 is 0 Å². The molecule has 0 aromatic heterocycles. The van der Waals surface area contributed by atoms with Crippen LogP contribution in [0.1, 0.15) is 43.2 Å². The van der Waals surface area contributed by atoms with Crippen LogP contribution in [0.3, 0.4) is 0 Å². The van der Waals surface area contributed by atoms with Crippen LogP contribution < -0.4 is 5.32 Å². The minimum Gasteiger partial charge on any atom is -0.317 e. The number of benzene rings is 1.